The zero-order valence-corrected chi connectivity index (χ0v) is 23.1. The lowest BCUT2D eigenvalue weighted by molar-refractivity contribution is -0.123. The molecule has 3 aromatic rings. The number of carbonyl (C=O) groups excluding carboxylic acids is 1. The zero-order valence-electron chi connectivity index (χ0n) is 19.9. The number of sulfonamides is 1. The molecule has 0 saturated carbocycles. The summed E-state index contributed by atoms with van der Waals surface area (Å²) in [6.07, 6.45) is 1.05. The van der Waals surface area contributed by atoms with Crippen LogP contribution in [0.15, 0.2) is 28.5 Å². The molecule has 2 aromatic heterocycles. The summed E-state index contributed by atoms with van der Waals surface area (Å²) in [5, 5.41) is 0.275. The molecule has 7 nitrogen and oxygen atoms in total. The predicted molar refractivity (Wildman–Crippen MR) is 140 cm³/mol. The number of carbonyl (C=O) groups is 1. The second kappa shape index (κ2) is 11.4. The molecule has 1 unspecified atom stereocenters. The average molecular weight is 577 g/mol. The molecule has 1 fully saturated rings. The van der Waals surface area contributed by atoms with Gasteiger partial charge in [-0.25, -0.2) is 22.2 Å². The Labute approximate surface area is 222 Å². The van der Waals surface area contributed by atoms with Gasteiger partial charge in [0.15, 0.2) is 10.9 Å². The number of rotatable bonds is 9. The minimum atomic E-state index is -3.78. The van der Waals surface area contributed by atoms with Crippen LogP contribution in [0.5, 0.6) is 0 Å². The maximum atomic E-state index is 14.4. The predicted octanol–water partition coefficient (Wildman–Crippen LogP) is 5.07. The highest BCUT2D eigenvalue weighted by atomic mass is 35.5. The summed E-state index contributed by atoms with van der Waals surface area (Å²) in [7, 11) is -3.78. The van der Waals surface area contributed by atoms with E-state index >= 15 is 0 Å². The maximum absolute atomic E-state index is 14.4. The van der Waals surface area contributed by atoms with E-state index in [0.29, 0.717) is 41.5 Å². The third kappa shape index (κ3) is 5.73. The number of benzene rings is 1. The molecular formula is C23H27ClF2N4O3S3. The molecule has 196 valence electrons. The fraction of sp³-hybridized carbons (Fsp3) is 0.478. The van der Waals surface area contributed by atoms with Gasteiger partial charge in [0, 0.05) is 32.2 Å². The highest BCUT2D eigenvalue weighted by Crippen LogP contribution is 2.34. The van der Waals surface area contributed by atoms with Crippen LogP contribution >= 0.6 is 34.3 Å². The van der Waals surface area contributed by atoms with Crippen molar-refractivity contribution in [2.75, 3.05) is 44.2 Å². The Morgan fingerprint density at radius 2 is 1.94 bits per heavy atom. The molecule has 13 heteroatoms. The van der Waals surface area contributed by atoms with Crippen molar-refractivity contribution >= 4 is 65.6 Å². The fourth-order valence-corrected chi connectivity index (χ4v) is 8.49. The van der Waals surface area contributed by atoms with Crippen molar-refractivity contribution in [2.24, 2.45) is 5.92 Å². The molecule has 36 heavy (non-hydrogen) atoms. The number of hydrogen-bond donors (Lipinski definition) is 0. The third-order valence-corrected chi connectivity index (χ3v) is 10.9. The number of nitrogens with zero attached hydrogens (tertiary/aromatic N) is 4. The van der Waals surface area contributed by atoms with Crippen molar-refractivity contribution in [3.05, 3.63) is 40.2 Å². The van der Waals surface area contributed by atoms with Crippen molar-refractivity contribution in [2.45, 2.75) is 30.9 Å². The number of aromatic nitrogens is 1. The summed E-state index contributed by atoms with van der Waals surface area (Å²) >= 11 is 7.98. The smallest absolute Gasteiger partial charge is 0.252 e. The summed E-state index contributed by atoms with van der Waals surface area (Å²) in [5.74, 6) is -2.35. The molecule has 0 radical (unpaired) electrons. The molecule has 3 heterocycles. The first kappa shape index (κ1) is 27.3. The van der Waals surface area contributed by atoms with Crippen molar-refractivity contribution in [1.82, 2.24) is 14.2 Å². The van der Waals surface area contributed by atoms with Crippen LogP contribution in [0.2, 0.25) is 4.34 Å². The molecule has 4 rings (SSSR count). The van der Waals surface area contributed by atoms with Crippen LogP contribution in [0.1, 0.15) is 26.7 Å². The molecule has 1 aliphatic heterocycles. The van der Waals surface area contributed by atoms with Crippen LogP contribution in [-0.4, -0.2) is 67.8 Å². The number of halogens is 3. The Morgan fingerprint density at radius 3 is 2.61 bits per heavy atom. The van der Waals surface area contributed by atoms with Crippen molar-refractivity contribution in [3.63, 3.8) is 0 Å². The van der Waals surface area contributed by atoms with E-state index in [9.17, 15) is 22.0 Å². The second-order valence-electron chi connectivity index (χ2n) is 8.51. The summed E-state index contributed by atoms with van der Waals surface area (Å²) in [4.78, 5) is 21.8. The number of fused-ring (bicyclic) bond motifs is 1. The molecule has 1 atom stereocenters. The first-order chi connectivity index (χ1) is 17.1. The lowest BCUT2D eigenvalue weighted by atomic mass is 9.98. The van der Waals surface area contributed by atoms with Gasteiger partial charge in [-0.05, 0) is 44.1 Å². The van der Waals surface area contributed by atoms with Gasteiger partial charge in [0.05, 0.1) is 15.0 Å². The van der Waals surface area contributed by atoms with E-state index in [1.165, 1.54) is 27.4 Å². The van der Waals surface area contributed by atoms with Crippen LogP contribution in [0.25, 0.3) is 10.2 Å². The quantitative estimate of drug-likeness (QED) is 0.356. The van der Waals surface area contributed by atoms with Crippen LogP contribution in [0.4, 0.5) is 13.9 Å². The first-order valence-corrected chi connectivity index (χ1v) is 15.1. The van der Waals surface area contributed by atoms with Gasteiger partial charge in [-0.1, -0.05) is 36.8 Å². The van der Waals surface area contributed by atoms with E-state index in [1.807, 2.05) is 13.8 Å². The molecule has 1 amide bonds. The number of piperidine rings is 1. The lowest BCUT2D eigenvalue weighted by Gasteiger charge is -2.34. The molecule has 1 saturated heterocycles. The van der Waals surface area contributed by atoms with Gasteiger partial charge in [0.2, 0.25) is 5.91 Å². The Morgan fingerprint density at radius 1 is 1.19 bits per heavy atom. The summed E-state index contributed by atoms with van der Waals surface area (Å²) in [6, 6.07) is 4.98. The summed E-state index contributed by atoms with van der Waals surface area (Å²) in [6.45, 7) is 6.83. The SMILES string of the molecule is CCN(CC)CCN(C(=O)C1CCCN(S(=O)(=O)c2ccc(Cl)s2)C1)c1nc2c(F)cc(F)cc2s1. The topological polar surface area (TPSA) is 73.8 Å². The molecule has 0 aliphatic carbocycles. The minimum absolute atomic E-state index is 0.0134. The average Bonchev–Trinajstić information content (AvgIpc) is 3.48. The largest absolute Gasteiger partial charge is 0.302 e. The second-order valence-corrected chi connectivity index (χ2v) is 13.4. The zero-order chi connectivity index (χ0) is 26.0. The number of hydrogen-bond acceptors (Lipinski definition) is 7. The third-order valence-electron chi connectivity index (χ3n) is 6.31. The standard InChI is InChI=1S/C23H27ClF2N4O3S3/c1-3-28(4-2)10-11-30(23-27-21-17(26)12-16(25)13-18(21)34-23)22(31)15-6-5-9-29(14-15)36(32,33)20-8-7-19(24)35-20/h7-8,12-13,15H,3-6,9-11,14H2,1-2H3. The Kier molecular flexibility index (Phi) is 8.63. The van der Waals surface area contributed by atoms with Gasteiger partial charge in [0.25, 0.3) is 10.0 Å². The van der Waals surface area contributed by atoms with Crippen LogP contribution in [0.3, 0.4) is 0 Å². The summed E-state index contributed by atoms with van der Waals surface area (Å²) in [5.41, 5.74) is 0.0134. The number of thiophene rings is 1. The van der Waals surface area contributed by atoms with Crippen LogP contribution < -0.4 is 4.90 Å². The Hall–Kier alpha value is -1.70. The van der Waals surface area contributed by atoms with E-state index in [1.54, 1.807) is 0 Å². The minimum Gasteiger partial charge on any atom is -0.302 e. The highest BCUT2D eigenvalue weighted by molar-refractivity contribution is 7.91. The van der Waals surface area contributed by atoms with E-state index in [-0.39, 0.29) is 27.3 Å². The number of anilines is 1. The molecule has 1 aliphatic rings. The number of likely N-dealkylation sites (N-methyl/N-ethyl adjacent to an activating group) is 1. The lowest BCUT2D eigenvalue weighted by Crippen LogP contribution is -2.48. The van der Waals surface area contributed by atoms with Gasteiger partial charge in [-0.15, -0.1) is 11.3 Å². The Bertz CT molecular complexity index is 1340. The molecule has 0 bridgehead atoms. The highest BCUT2D eigenvalue weighted by Gasteiger charge is 2.37. The maximum Gasteiger partial charge on any atom is 0.252 e. The van der Waals surface area contributed by atoms with E-state index in [0.717, 1.165) is 41.8 Å². The number of amides is 1. The van der Waals surface area contributed by atoms with Crippen molar-refractivity contribution in [1.29, 1.82) is 0 Å². The molecule has 0 N–H and O–H groups in total. The molecular weight excluding hydrogens is 550 g/mol. The van der Waals surface area contributed by atoms with Gasteiger partial charge in [-0.2, -0.15) is 4.31 Å². The van der Waals surface area contributed by atoms with Gasteiger partial charge in [-0.3, -0.25) is 9.69 Å². The van der Waals surface area contributed by atoms with Crippen molar-refractivity contribution < 1.29 is 22.0 Å². The first-order valence-electron chi connectivity index (χ1n) is 11.7. The summed E-state index contributed by atoms with van der Waals surface area (Å²) < 4.78 is 56.6. The fourth-order valence-electron chi connectivity index (χ4n) is 4.29. The van der Waals surface area contributed by atoms with Crippen LogP contribution in [0, 0.1) is 17.6 Å². The molecule has 1 aromatic carbocycles. The van der Waals surface area contributed by atoms with Gasteiger partial charge in [0.1, 0.15) is 15.5 Å². The number of thiazole rings is 1. The monoisotopic (exact) mass is 576 g/mol. The Balaban J connectivity index is 1.62. The normalized spacial score (nSPS) is 17.2. The van der Waals surface area contributed by atoms with Crippen molar-refractivity contribution in [3.8, 4) is 0 Å². The molecule has 0 spiro atoms. The van der Waals surface area contributed by atoms with E-state index < -0.39 is 27.6 Å². The van der Waals surface area contributed by atoms with E-state index in [2.05, 4.69) is 9.88 Å². The van der Waals surface area contributed by atoms with E-state index in [4.69, 9.17) is 11.6 Å². The van der Waals surface area contributed by atoms with Gasteiger partial charge < -0.3 is 4.90 Å². The van der Waals surface area contributed by atoms with Crippen LogP contribution in [-0.2, 0) is 14.8 Å². The van der Waals surface area contributed by atoms with Gasteiger partial charge >= 0.3 is 0 Å².